The maximum atomic E-state index is 12.1. The van der Waals surface area contributed by atoms with E-state index in [1.54, 1.807) is 0 Å². The molecule has 4 nitrogen and oxygen atoms in total. The minimum Gasteiger partial charge on any atom is -0.348 e. The van der Waals surface area contributed by atoms with Crippen LogP contribution in [0.5, 0.6) is 0 Å². The Morgan fingerprint density at radius 2 is 1.95 bits per heavy atom. The van der Waals surface area contributed by atoms with Gasteiger partial charge in [-0.25, -0.2) is 0 Å². The first-order chi connectivity index (χ1) is 10.1. The van der Waals surface area contributed by atoms with Gasteiger partial charge in [0.05, 0.1) is 12.6 Å². The number of benzene rings is 1. The Morgan fingerprint density at radius 3 is 2.52 bits per heavy atom. The van der Waals surface area contributed by atoms with Crippen LogP contribution < -0.4 is 11.1 Å². The van der Waals surface area contributed by atoms with Gasteiger partial charge in [-0.15, -0.1) is 0 Å². The number of rotatable bonds is 5. The highest BCUT2D eigenvalue weighted by Crippen LogP contribution is 2.14. The second kappa shape index (κ2) is 7.57. The molecule has 2 rings (SSSR count). The second-order valence-corrected chi connectivity index (χ2v) is 6.00. The summed E-state index contributed by atoms with van der Waals surface area (Å²) in [6.45, 7) is 6.50. The van der Waals surface area contributed by atoms with Gasteiger partial charge in [-0.05, 0) is 37.3 Å². The van der Waals surface area contributed by atoms with Gasteiger partial charge in [-0.2, -0.15) is 0 Å². The Kier molecular flexibility index (Phi) is 5.76. The van der Waals surface area contributed by atoms with Crippen molar-refractivity contribution in [2.75, 3.05) is 19.6 Å². The summed E-state index contributed by atoms with van der Waals surface area (Å²) in [6, 6.07) is 8.82. The van der Waals surface area contributed by atoms with E-state index in [0.29, 0.717) is 12.6 Å². The van der Waals surface area contributed by atoms with Crippen LogP contribution in [0.15, 0.2) is 24.3 Å². The van der Waals surface area contributed by atoms with E-state index in [1.165, 1.54) is 5.56 Å². The van der Waals surface area contributed by atoms with Crippen molar-refractivity contribution in [2.45, 2.75) is 45.2 Å². The average Bonchev–Trinajstić information content (AvgIpc) is 2.49. The van der Waals surface area contributed by atoms with Crippen LogP contribution in [0.4, 0.5) is 0 Å². The molecule has 1 aromatic carbocycles. The number of nitrogens with one attached hydrogen (secondary N) is 1. The molecule has 116 valence electrons. The van der Waals surface area contributed by atoms with Crippen LogP contribution in [0.1, 0.15) is 43.9 Å². The Bertz CT molecular complexity index is 450. The van der Waals surface area contributed by atoms with Gasteiger partial charge in [0.2, 0.25) is 5.91 Å². The summed E-state index contributed by atoms with van der Waals surface area (Å²) >= 11 is 0. The highest BCUT2D eigenvalue weighted by Gasteiger charge is 2.19. The van der Waals surface area contributed by atoms with E-state index in [1.807, 2.05) is 6.92 Å². The number of nitrogens with two attached hydrogens (primary N) is 1. The van der Waals surface area contributed by atoms with E-state index < -0.39 is 0 Å². The number of hydrogen-bond donors (Lipinski definition) is 2. The monoisotopic (exact) mass is 289 g/mol. The van der Waals surface area contributed by atoms with E-state index in [9.17, 15) is 4.79 Å². The molecule has 1 aliphatic rings. The molecule has 4 heteroatoms. The van der Waals surface area contributed by atoms with Crippen LogP contribution >= 0.6 is 0 Å². The normalized spacial score (nSPS) is 18.4. The fourth-order valence-corrected chi connectivity index (χ4v) is 2.73. The Labute approximate surface area is 127 Å². The van der Waals surface area contributed by atoms with Gasteiger partial charge in [0, 0.05) is 19.1 Å². The number of aryl methyl sites for hydroxylation is 1. The van der Waals surface area contributed by atoms with E-state index in [4.69, 9.17) is 5.73 Å². The molecule has 0 saturated carbocycles. The van der Waals surface area contributed by atoms with Gasteiger partial charge in [-0.1, -0.05) is 31.2 Å². The number of carbonyl (C=O) groups is 1. The fraction of sp³-hybridized carbons (Fsp3) is 0.588. The zero-order valence-corrected chi connectivity index (χ0v) is 13.1. The van der Waals surface area contributed by atoms with Gasteiger partial charge in [0.25, 0.3) is 0 Å². The summed E-state index contributed by atoms with van der Waals surface area (Å²) in [5.41, 5.74) is 8.36. The van der Waals surface area contributed by atoms with Crippen LogP contribution in [0.2, 0.25) is 0 Å². The molecule has 0 radical (unpaired) electrons. The van der Waals surface area contributed by atoms with Crippen LogP contribution in [-0.4, -0.2) is 36.5 Å². The summed E-state index contributed by atoms with van der Waals surface area (Å²) in [5, 5.41) is 3.08. The zero-order chi connectivity index (χ0) is 15.2. The van der Waals surface area contributed by atoms with Gasteiger partial charge in [-0.3, -0.25) is 9.69 Å². The number of hydrogen-bond acceptors (Lipinski definition) is 3. The SMILES string of the molecule is CCc1ccc(C(C)NC(=O)CN2CCC(N)CC2)cc1. The van der Waals surface area contributed by atoms with Crippen molar-refractivity contribution < 1.29 is 4.79 Å². The number of nitrogens with zero attached hydrogens (tertiary/aromatic N) is 1. The molecule has 21 heavy (non-hydrogen) atoms. The standard InChI is InChI=1S/C17H27N3O/c1-3-14-4-6-15(7-5-14)13(2)19-17(21)12-20-10-8-16(18)9-11-20/h4-7,13,16H,3,8-12,18H2,1-2H3,(H,19,21). The molecule has 1 aromatic rings. The molecule has 0 spiro atoms. The van der Waals surface area contributed by atoms with Crippen molar-refractivity contribution in [3.8, 4) is 0 Å². The molecular formula is C17H27N3O. The van der Waals surface area contributed by atoms with Crippen LogP contribution in [0, 0.1) is 0 Å². The first-order valence-corrected chi connectivity index (χ1v) is 7.94. The van der Waals surface area contributed by atoms with Gasteiger partial charge in [0.1, 0.15) is 0 Å². The van der Waals surface area contributed by atoms with E-state index >= 15 is 0 Å². The van der Waals surface area contributed by atoms with Crippen molar-refractivity contribution in [1.29, 1.82) is 0 Å². The topological polar surface area (TPSA) is 58.4 Å². The molecular weight excluding hydrogens is 262 g/mol. The van der Waals surface area contributed by atoms with Crippen LogP contribution in [0.3, 0.4) is 0 Å². The fourth-order valence-electron chi connectivity index (χ4n) is 2.73. The number of amides is 1. The predicted molar refractivity (Wildman–Crippen MR) is 86.0 cm³/mol. The van der Waals surface area contributed by atoms with E-state index in [-0.39, 0.29) is 11.9 Å². The molecule has 1 fully saturated rings. The lowest BCUT2D eigenvalue weighted by Crippen LogP contribution is -2.44. The minimum absolute atomic E-state index is 0.0513. The molecule has 1 saturated heterocycles. The lowest BCUT2D eigenvalue weighted by molar-refractivity contribution is -0.123. The van der Waals surface area contributed by atoms with Crippen molar-refractivity contribution >= 4 is 5.91 Å². The van der Waals surface area contributed by atoms with Crippen molar-refractivity contribution in [3.05, 3.63) is 35.4 Å². The first kappa shape index (κ1) is 16.0. The van der Waals surface area contributed by atoms with Gasteiger partial charge >= 0.3 is 0 Å². The number of likely N-dealkylation sites (tertiary alicyclic amines) is 1. The third-order valence-electron chi connectivity index (χ3n) is 4.26. The highest BCUT2D eigenvalue weighted by atomic mass is 16.2. The molecule has 1 amide bonds. The lowest BCUT2D eigenvalue weighted by Gasteiger charge is -2.29. The first-order valence-electron chi connectivity index (χ1n) is 7.94. The second-order valence-electron chi connectivity index (χ2n) is 6.00. The molecule has 1 atom stereocenters. The van der Waals surface area contributed by atoms with Gasteiger partial charge in [0.15, 0.2) is 0 Å². The van der Waals surface area contributed by atoms with Crippen molar-refractivity contribution in [2.24, 2.45) is 5.73 Å². The van der Waals surface area contributed by atoms with Crippen LogP contribution in [0.25, 0.3) is 0 Å². The lowest BCUT2D eigenvalue weighted by atomic mass is 10.0. The summed E-state index contributed by atoms with van der Waals surface area (Å²) in [4.78, 5) is 14.3. The highest BCUT2D eigenvalue weighted by molar-refractivity contribution is 5.78. The molecule has 3 N–H and O–H groups in total. The van der Waals surface area contributed by atoms with Crippen molar-refractivity contribution in [3.63, 3.8) is 0 Å². The smallest absolute Gasteiger partial charge is 0.234 e. The predicted octanol–water partition coefficient (Wildman–Crippen LogP) is 1.85. The zero-order valence-electron chi connectivity index (χ0n) is 13.1. The average molecular weight is 289 g/mol. The number of piperidine rings is 1. The Balaban J connectivity index is 1.81. The molecule has 0 aromatic heterocycles. The molecule has 0 bridgehead atoms. The number of carbonyl (C=O) groups excluding carboxylic acids is 1. The largest absolute Gasteiger partial charge is 0.348 e. The third kappa shape index (κ3) is 4.83. The Morgan fingerprint density at radius 1 is 1.33 bits per heavy atom. The van der Waals surface area contributed by atoms with E-state index in [0.717, 1.165) is 37.9 Å². The molecule has 1 aliphatic heterocycles. The molecule has 1 heterocycles. The van der Waals surface area contributed by atoms with Gasteiger partial charge < -0.3 is 11.1 Å². The summed E-state index contributed by atoms with van der Waals surface area (Å²) in [6.07, 6.45) is 3.01. The molecule has 1 unspecified atom stereocenters. The minimum atomic E-state index is 0.0513. The maximum Gasteiger partial charge on any atom is 0.234 e. The molecule has 0 aliphatic carbocycles. The Hall–Kier alpha value is -1.39. The maximum absolute atomic E-state index is 12.1. The summed E-state index contributed by atoms with van der Waals surface area (Å²) in [7, 11) is 0. The quantitative estimate of drug-likeness (QED) is 0.870. The van der Waals surface area contributed by atoms with Crippen molar-refractivity contribution in [1.82, 2.24) is 10.2 Å². The van der Waals surface area contributed by atoms with Crippen LogP contribution in [-0.2, 0) is 11.2 Å². The summed E-state index contributed by atoms with van der Waals surface area (Å²) < 4.78 is 0. The third-order valence-corrected chi connectivity index (χ3v) is 4.26. The summed E-state index contributed by atoms with van der Waals surface area (Å²) in [5.74, 6) is 0.0949. The van der Waals surface area contributed by atoms with E-state index in [2.05, 4.69) is 41.4 Å².